The van der Waals surface area contributed by atoms with E-state index < -0.39 is 12.0 Å². The molecule has 0 fully saturated rings. The molecule has 0 bridgehead atoms. The van der Waals surface area contributed by atoms with Crippen molar-refractivity contribution in [1.82, 2.24) is 4.90 Å². The van der Waals surface area contributed by atoms with E-state index in [4.69, 9.17) is 0 Å². The van der Waals surface area contributed by atoms with Crippen molar-refractivity contribution >= 4 is 23.5 Å². The first kappa shape index (κ1) is 18.6. The highest BCUT2D eigenvalue weighted by molar-refractivity contribution is 5.99. The average molecular weight is 366 g/mol. The van der Waals surface area contributed by atoms with Gasteiger partial charge in [0.15, 0.2) is 0 Å². The van der Waals surface area contributed by atoms with E-state index >= 15 is 0 Å². The van der Waals surface area contributed by atoms with Crippen molar-refractivity contribution in [1.29, 1.82) is 0 Å². The number of hydrogen-bond donors (Lipinski definition) is 1. The SMILES string of the molecule is CC(=O)N1CCc2cc(C(=O)N(Cc3ccccc3)C(C)C(=O)O)ccc21. The van der Waals surface area contributed by atoms with Crippen LogP contribution in [0.4, 0.5) is 5.69 Å². The van der Waals surface area contributed by atoms with Gasteiger partial charge in [-0.1, -0.05) is 30.3 Å². The van der Waals surface area contributed by atoms with Crippen molar-refractivity contribution in [3.05, 3.63) is 65.2 Å². The van der Waals surface area contributed by atoms with E-state index in [9.17, 15) is 19.5 Å². The lowest BCUT2D eigenvalue weighted by Gasteiger charge is -2.27. The van der Waals surface area contributed by atoms with Gasteiger partial charge in [-0.2, -0.15) is 0 Å². The molecular weight excluding hydrogens is 344 g/mol. The van der Waals surface area contributed by atoms with E-state index in [1.807, 2.05) is 30.3 Å². The second kappa shape index (κ2) is 7.61. The number of amides is 2. The summed E-state index contributed by atoms with van der Waals surface area (Å²) in [5.74, 6) is -1.42. The fraction of sp³-hybridized carbons (Fsp3) is 0.286. The number of aliphatic carboxylic acids is 1. The highest BCUT2D eigenvalue weighted by Gasteiger charge is 2.29. The number of carboxylic acids is 1. The molecule has 0 radical (unpaired) electrons. The first-order valence-electron chi connectivity index (χ1n) is 8.87. The van der Waals surface area contributed by atoms with Gasteiger partial charge < -0.3 is 14.9 Å². The summed E-state index contributed by atoms with van der Waals surface area (Å²) in [4.78, 5) is 39.4. The molecule has 0 saturated heterocycles. The largest absolute Gasteiger partial charge is 0.480 e. The van der Waals surface area contributed by atoms with Gasteiger partial charge in [0.05, 0.1) is 0 Å². The monoisotopic (exact) mass is 366 g/mol. The Bertz CT molecular complexity index is 879. The van der Waals surface area contributed by atoms with Gasteiger partial charge in [-0.25, -0.2) is 4.79 Å². The molecule has 0 spiro atoms. The normalized spacial score (nSPS) is 13.8. The first-order chi connectivity index (χ1) is 12.9. The molecule has 1 aliphatic rings. The van der Waals surface area contributed by atoms with Gasteiger partial charge in [0.25, 0.3) is 5.91 Å². The van der Waals surface area contributed by atoms with Gasteiger partial charge in [-0.15, -0.1) is 0 Å². The van der Waals surface area contributed by atoms with E-state index in [0.717, 1.165) is 16.8 Å². The quantitative estimate of drug-likeness (QED) is 0.883. The third kappa shape index (κ3) is 3.84. The van der Waals surface area contributed by atoms with Crippen LogP contribution in [0.25, 0.3) is 0 Å². The molecule has 0 aromatic heterocycles. The average Bonchev–Trinajstić information content (AvgIpc) is 3.09. The molecule has 1 aliphatic heterocycles. The van der Waals surface area contributed by atoms with Gasteiger partial charge in [0, 0.05) is 31.3 Å². The molecule has 1 N–H and O–H groups in total. The molecule has 0 aliphatic carbocycles. The molecule has 3 rings (SSSR count). The topological polar surface area (TPSA) is 77.9 Å². The fourth-order valence-electron chi connectivity index (χ4n) is 3.33. The van der Waals surface area contributed by atoms with Gasteiger partial charge in [0.1, 0.15) is 6.04 Å². The van der Waals surface area contributed by atoms with Crippen LogP contribution in [0.3, 0.4) is 0 Å². The van der Waals surface area contributed by atoms with Crippen LogP contribution in [-0.4, -0.2) is 40.4 Å². The highest BCUT2D eigenvalue weighted by atomic mass is 16.4. The molecule has 6 heteroatoms. The highest BCUT2D eigenvalue weighted by Crippen LogP contribution is 2.29. The summed E-state index contributed by atoms with van der Waals surface area (Å²) in [5, 5.41) is 9.44. The zero-order chi connectivity index (χ0) is 19.6. The number of rotatable bonds is 5. The standard InChI is InChI=1S/C21H22N2O4/c1-14(21(26)27)23(13-16-6-4-3-5-7-16)20(25)18-8-9-19-17(12-18)10-11-22(19)15(2)24/h3-9,12,14H,10-11,13H2,1-2H3,(H,26,27). The van der Waals surface area contributed by atoms with Crippen molar-refractivity contribution in [2.75, 3.05) is 11.4 Å². The minimum atomic E-state index is -1.05. The van der Waals surface area contributed by atoms with Crippen molar-refractivity contribution in [2.24, 2.45) is 0 Å². The number of carbonyl (C=O) groups is 3. The number of hydrogen-bond acceptors (Lipinski definition) is 3. The maximum Gasteiger partial charge on any atom is 0.326 e. The Morgan fingerprint density at radius 3 is 2.48 bits per heavy atom. The maximum absolute atomic E-state index is 13.1. The second-order valence-electron chi connectivity index (χ2n) is 6.70. The first-order valence-corrected chi connectivity index (χ1v) is 8.87. The molecule has 6 nitrogen and oxygen atoms in total. The van der Waals surface area contributed by atoms with E-state index in [1.165, 1.54) is 18.7 Å². The van der Waals surface area contributed by atoms with Crippen molar-refractivity contribution in [2.45, 2.75) is 32.9 Å². The van der Waals surface area contributed by atoms with Crippen LogP contribution in [0, 0.1) is 0 Å². The number of anilines is 1. The lowest BCUT2D eigenvalue weighted by Crippen LogP contribution is -2.42. The van der Waals surface area contributed by atoms with Gasteiger partial charge in [-0.3, -0.25) is 9.59 Å². The summed E-state index contributed by atoms with van der Waals surface area (Å²) in [7, 11) is 0. The van der Waals surface area contributed by atoms with Crippen LogP contribution in [0.1, 0.15) is 35.3 Å². The molecule has 1 unspecified atom stereocenters. The Morgan fingerprint density at radius 1 is 1.15 bits per heavy atom. The smallest absolute Gasteiger partial charge is 0.326 e. The molecule has 2 aromatic carbocycles. The van der Waals surface area contributed by atoms with Gasteiger partial charge in [-0.05, 0) is 42.7 Å². The van der Waals surface area contributed by atoms with E-state index in [-0.39, 0.29) is 18.4 Å². The molecule has 2 aromatic rings. The Labute approximate surface area is 158 Å². The van der Waals surface area contributed by atoms with Crippen molar-refractivity contribution in [3.8, 4) is 0 Å². The third-order valence-electron chi connectivity index (χ3n) is 4.88. The second-order valence-corrected chi connectivity index (χ2v) is 6.70. The summed E-state index contributed by atoms with van der Waals surface area (Å²) in [6.45, 7) is 3.84. The minimum absolute atomic E-state index is 0.0296. The number of carbonyl (C=O) groups excluding carboxylic acids is 2. The summed E-state index contributed by atoms with van der Waals surface area (Å²) >= 11 is 0. The summed E-state index contributed by atoms with van der Waals surface area (Å²) < 4.78 is 0. The molecular formula is C21H22N2O4. The Kier molecular flexibility index (Phi) is 5.26. The lowest BCUT2D eigenvalue weighted by molar-refractivity contribution is -0.141. The van der Waals surface area contributed by atoms with Crippen LogP contribution in [0.15, 0.2) is 48.5 Å². The number of nitrogens with zero attached hydrogens (tertiary/aromatic N) is 2. The number of benzene rings is 2. The summed E-state index contributed by atoms with van der Waals surface area (Å²) in [6.07, 6.45) is 0.684. The summed E-state index contributed by atoms with van der Waals surface area (Å²) in [5.41, 5.74) is 3.05. The Morgan fingerprint density at radius 2 is 1.85 bits per heavy atom. The third-order valence-corrected chi connectivity index (χ3v) is 4.88. The number of carboxylic acid groups (broad SMARTS) is 1. The van der Waals surface area contributed by atoms with Gasteiger partial charge in [0.2, 0.25) is 5.91 Å². The molecule has 140 valence electrons. The Balaban J connectivity index is 1.90. The van der Waals surface area contributed by atoms with Crippen LogP contribution in [-0.2, 0) is 22.6 Å². The van der Waals surface area contributed by atoms with Gasteiger partial charge >= 0.3 is 5.97 Å². The molecule has 1 atom stereocenters. The molecule has 27 heavy (non-hydrogen) atoms. The lowest BCUT2D eigenvalue weighted by atomic mass is 10.1. The van der Waals surface area contributed by atoms with Crippen molar-refractivity contribution < 1.29 is 19.5 Å². The van der Waals surface area contributed by atoms with E-state index in [1.54, 1.807) is 23.1 Å². The van der Waals surface area contributed by atoms with Crippen LogP contribution < -0.4 is 4.90 Å². The molecule has 0 saturated carbocycles. The predicted octanol–water partition coefficient (Wildman–Crippen LogP) is 2.71. The van der Waals surface area contributed by atoms with Crippen molar-refractivity contribution in [3.63, 3.8) is 0 Å². The Hall–Kier alpha value is -3.15. The zero-order valence-corrected chi connectivity index (χ0v) is 15.4. The summed E-state index contributed by atoms with van der Waals surface area (Å²) in [6, 6.07) is 13.6. The van der Waals surface area contributed by atoms with Crippen LogP contribution >= 0.6 is 0 Å². The van der Waals surface area contributed by atoms with Crippen LogP contribution in [0.5, 0.6) is 0 Å². The zero-order valence-electron chi connectivity index (χ0n) is 15.4. The number of fused-ring (bicyclic) bond motifs is 1. The van der Waals surface area contributed by atoms with Crippen LogP contribution in [0.2, 0.25) is 0 Å². The molecule has 2 amide bonds. The van der Waals surface area contributed by atoms with E-state index in [2.05, 4.69) is 0 Å². The molecule has 1 heterocycles. The predicted molar refractivity (Wildman–Crippen MR) is 102 cm³/mol. The minimum Gasteiger partial charge on any atom is -0.480 e. The van der Waals surface area contributed by atoms with E-state index in [0.29, 0.717) is 18.5 Å². The maximum atomic E-state index is 13.1. The fourth-order valence-corrected chi connectivity index (χ4v) is 3.33.